The molecule has 6 N–H and O–H groups in total. The zero-order valence-corrected chi connectivity index (χ0v) is 23.0. The smallest absolute Gasteiger partial charge is 0.748 e. The Labute approximate surface area is 220 Å². The topological polar surface area (TPSA) is 196 Å². The van der Waals surface area contributed by atoms with E-state index < -0.39 is 52.7 Å². The predicted molar refractivity (Wildman–Crippen MR) is 119 cm³/mol. The summed E-state index contributed by atoms with van der Waals surface area (Å²) in [4.78, 5) is 11.8. The van der Waals surface area contributed by atoms with Gasteiger partial charge in [-0.25, -0.2) is 8.42 Å². The number of carbonyl (C=O) groups is 1. The Morgan fingerprint density at radius 1 is 0.788 bits per heavy atom. The minimum absolute atomic E-state index is 0. The maximum Gasteiger partial charge on any atom is 1.00 e. The van der Waals surface area contributed by atoms with Crippen molar-refractivity contribution in [3.8, 4) is 0 Å². The molecule has 10 nitrogen and oxygen atoms in total. The van der Waals surface area contributed by atoms with Crippen LogP contribution in [0.25, 0.3) is 0 Å². The van der Waals surface area contributed by atoms with E-state index in [1.807, 2.05) is 0 Å². The second kappa shape index (κ2) is 24.1. The van der Waals surface area contributed by atoms with Crippen LogP contribution in [0.1, 0.15) is 84.0 Å². The zero-order valence-electron chi connectivity index (χ0n) is 20.1. The first-order valence-corrected chi connectivity index (χ1v) is 13.0. The van der Waals surface area contributed by atoms with E-state index >= 15 is 0 Å². The van der Waals surface area contributed by atoms with Gasteiger partial charge in [0.05, 0.1) is 16.7 Å². The van der Waals surface area contributed by atoms with Crippen molar-refractivity contribution in [3.05, 3.63) is 0 Å². The molecule has 0 aromatic rings. The molecule has 0 rings (SSSR count). The first kappa shape index (κ1) is 37.9. The largest absolute Gasteiger partial charge is 1.00 e. The fourth-order valence-electron chi connectivity index (χ4n) is 2.89. The molecule has 0 radical (unpaired) electrons. The van der Waals surface area contributed by atoms with E-state index in [2.05, 4.69) is 6.92 Å². The molecule has 194 valence electrons. The quantitative estimate of drug-likeness (QED) is 0.0601. The molecule has 0 aromatic heterocycles. The van der Waals surface area contributed by atoms with Gasteiger partial charge < -0.3 is 35.2 Å². The minimum atomic E-state index is -4.10. The SMILES string of the molecule is CCCCCCCCCCCCC(=O)[C@H](O)[C@@H](O)[C@H](O)[C@H](O)CO.O=S(=O)([O-])CCCO.[Na+]. The normalized spacial score (nSPS) is 14.9. The van der Waals surface area contributed by atoms with Gasteiger partial charge in [-0.1, -0.05) is 64.7 Å². The van der Waals surface area contributed by atoms with Crippen molar-refractivity contribution >= 4 is 15.9 Å². The van der Waals surface area contributed by atoms with Crippen LogP contribution in [0.2, 0.25) is 0 Å². The summed E-state index contributed by atoms with van der Waals surface area (Å²) in [5, 5.41) is 54.7. The zero-order chi connectivity index (χ0) is 25.0. The van der Waals surface area contributed by atoms with Crippen molar-refractivity contribution in [1.82, 2.24) is 0 Å². The molecule has 0 aliphatic heterocycles. The summed E-state index contributed by atoms with van der Waals surface area (Å²) >= 11 is 0. The van der Waals surface area contributed by atoms with E-state index in [-0.39, 0.29) is 49.0 Å². The first-order chi connectivity index (χ1) is 15.0. The van der Waals surface area contributed by atoms with E-state index in [4.69, 9.17) is 10.2 Å². The average molecular weight is 511 g/mol. The Kier molecular flexibility index (Phi) is 27.6. The number of rotatable bonds is 19. The Morgan fingerprint density at radius 2 is 1.24 bits per heavy atom. The second-order valence-electron chi connectivity index (χ2n) is 7.91. The van der Waals surface area contributed by atoms with Crippen LogP contribution < -0.4 is 29.6 Å². The van der Waals surface area contributed by atoms with E-state index in [1.54, 1.807) is 0 Å². The summed E-state index contributed by atoms with van der Waals surface area (Å²) < 4.78 is 29.2. The van der Waals surface area contributed by atoms with Crippen molar-refractivity contribution in [1.29, 1.82) is 0 Å². The molecule has 0 spiro atoms. The Morgan fingerprint density at radius 3 is 1.61 bits per heavy atom. The van der Waals surface area contributed by atoms with Crippen LogP contribution >= 0.6 is 0 Å². The predicted octanol–water partition coefficient (Wildman–Crippen LogP) is -2.78. The summed E-state index contributed by atoms with van der Waals surface area (Å²) in [6.45, 7) is 1.20. The molecule has 0 amide bonds. The molecule has 0 aliphatic carbocycles. The van der Waals surface area contributed by atoms with Gasteiger partial charge >= 0.3 is 29.6 Å². The van der Waals surface area contributed by atoms with Gasteiger partial charge in [0.2, 0.25) is 0 Å². The Bertz CT molecular complexity index is 547. The van der Waals surface area contributed by atoms with Crippen LogP contribution in [0.5, 0.6) is 0 Å². The summed E-state index contributed by atoms with van der Waals surface area (Å²) in [7, 11) is -4.10. The van der Waals surface area contributed by atoms with E-state index in [1.165, 1.54) is 38.5 Å². The molecule has 0 saturated heterocycles. The van der Waals surface area contributed by atoms with Crippen LogP contribution in [0, 0.1) is 0 Å². The van der Waals surface area contributed by atoms with Crippen molar-refractivity contribution in [2.75, 3.05) is 19.0 Å². The Balaban J connectivity index is -0.000000851. The number of Topliss-reactive ketones (excluding diaryl/α,β-unsaturated/α-hetero) is 1. The van der Waals surface area contributed by atoms with Crippen LogP contribution in [-0.2, 0) is 14.9 Å². The molecule has 0 heterocycles. The molecular weight excluding hydrogens is 467 g/mol. The third kappa shape index (κ3) is 23.8. The number of carbonyl (C=O) groups excluding carboxylic acids is 1. The number of unbranched alkanes of at least 4 members (excludes halogenated alkanes) is 9. The van der Waals surface area contributed by atoms with Crippen molar-refractivity contribution in [2.24, 2.45) is 0 Å². The summed E-state index contributed by atoms with van der Waals surface area (Å²) in [6, 6.07) is 0. The van der Waals surface area contributed by atoms with Gasteiger partial charge in [-0.3, -0.25) is 4.79 Å². The summed E-state index contributed by atoms with van der Waals surface area (Å²) in [5.41, 5.74) is 0. The van der Waals surface area contributed by atoms with Gasteiger partial charge in [0, 0.05) is 18.8 Å². The van der Waals surface area contributed by atoms with Crippen LogP contribution in [0.3, 0.4) is 0 Å². The molecule has 0 fully saturated rings. The molecule has 4 atom stereocenters. The minimum Gasteiger partial charge on any atom is -0.748 e. The van der Waals surface area contributed by atoms with Crippen LogP contribution in [0.4, 0.5) is 0 Å². The number of ketones is 1. The third-order valence-corrected chi connectivity index (χ3v) is 5.70. The van der Waals surface area contributed by atoms with E-state index in [0.29, 0.717) is 6.42 Å². The summed E-state index contributed by atoms with van der Waals surface area (Å²) in [6.07, 6.45) is 4.66. The standard InChI is InChI=1S/C18H36O6.C3H8O4S.Na/c1-2-3-4-5-6-7-8-9-10-11-12-14(20)16(22)18(24)17(23)15(21)13-19;4-2-1-3-8(5,6)7;/h15-19,21-24H,2-13H2,1H3;4H,1-3H2,(H,5,6,7);/q;;+1/p-1/t15-,16+,17-,18-;;/m1../s1. The van der Waals surface area contributed by atoms with Gasteiger partial charge in [0.15, 0.2) is 5.78 Å². The average Bonchev–Trinajstić information content (AvgIpc) is 2.76. The fraction of sp³-hybridized carbons (Fsp3) is 0.952. The van der Waals surface area contributed by atoms with Gasteiger partial charge in [-0.15, -0.1) is 0 Å². The van der Waals surface area contributed by atoms with Crippen LogP contribution in [0.15, 0.2) is 0 Å². The van der Waals surface area contributed by atoms with Gasteiger partial charge in [0.1, 0.15) is 24.4 Å². The van der Waals surface area contributed by atoms with Crippen LogP contribution in [-0.4, -0.2) is 92.8 Å². The number of hydrogen-bond acceptors (Lipinski definition) is 10. The third-order valence-electron chi connectivity index (χ3n) is 4.91. The summed E-state index contributed by atoms with van der Waals surface area (Å²) in [5.74, 6) is -1.02. The number of aliphatic hydroxyl groups excluding tert-OH is 6. The van der Waals surface area contributed by atoms with Gasteiger partial charge in [0.25, 0.3) is 0 Å². The first-order valence-electron chi connectivity index (χ1n) is 11.4. The maximum atomic E-state index is 11.8. The maximum absolute atomic E-state index is 11.8. The van der Waals surface area contributed by atoms with E-state index in [0.717, 1.165) is 19.3 Å². The Hall–Kier alpha value is 0.340. The molecule has 33 heavy (non-hydrogen) atoms. The molecule has 0 aromatic carbocycles. The number of aliphatic hydroxyl groups is 6. The van der Waals surface area contributed by atoms with Crippen molar-refractivity contribution < 1.29 is 78.0 Å². The molecular formula is C21H43NaO10S. The monoisotopic (exact) mass is 510 g/mol. The van der Waals surface area contributed by atoms with Gasteiger partial charge in [-0.05, 0) is 12.8 Å². The molecule has 0 bridgehead atoms. The fourth-order valence-corrected chi connectivity index (χ4v) is 3.37. The molecule has 0 aliphatic rings. The second-order valence-corrected chi connectivity index (χ2v) is 9.44. The van der Waals surface area contributed by atoms with Crippen molar-refractivity contribution in [3.63, 3.8) is 0 Å². The van der Waals surface area contributed by atoms with Crippen molar-refractivity contribution in [2.45, 2.75) is 108 Å². The van der Waals surface area contributed by atoms with Gasteiger partial charge in [-0.2, -0.15) is 0 Å². The molecule has 12 heteroatoms. The molecule has 0 saturated carbocycles. The molecule has 0 unspecified atom stereocenters. The van der Waals surface area contributed by atoms with E-state index in [9.17, 15) is 38.2 Å². The number of hydrogen-bond donors (Lipinski definition) is 6.